The Hall–Kier alpha value is -3.09. The molecule has 10 heteroatoms. The van der Waals surface area contributed by atoms with E-state index >= 15 is 0 Å². The number of carboxylic acids is 1. The highest BCUT2D eigenvalue weighted by atomic mass is 19.4. The fourth-order valence-corrected chi connectivity index (χ4v) is 2.39. The number of hydrogen-bond acceptors (Lipinski definition) is 4. The average Bonchev–Trinajstić information content (AvgIpc) is 2.76. The van der Waals surface area contributed by atoms with Crippen LogP contribution in [-0.4, -0.2) is 40.9 Å². The van der Waals surface area contributed by atoms with Crippen molar-refractivity contribution in [2.24, 2.45) is 0 Å². The Kier molecular flexibility index (Phi) is 4.45. The van der Waals surface area contributed by atoms with E-state index in [0.29, 0.717) is 4.90 Å². The van der Waals surface area contributed by atoms with Crippen LogP contribution < -0.4 is 5.32 Å². The minimum absolute atomic E-state index is 0.136. The van der Waals surface area contributed by atoms with Crippen LogP contribution in [0.1, 0.15) is 27.5 Å². The van der Waals surface area contributed by atoms with Gasteiger partial charge in [0, 0.05) is 5.56 Å². The van der Waals surface area contributed by atoms with Crippen molar-refractivity contribution in [2.75, 3.05) is 13.1 Å². The lowest BCUT2D eigenvalue weighted by Crippen LogP contribution is -2.40. The third-order valence-electron chi connectivity index (χ3n) is 3.36. The first-order valence-corrected chi connectivity index (χ1v) is 6.56. The van der Waals surface area contributed by atoms with Crippen molar-refractivity contribution in [2.45, 2.75) is 12.2 Å². The van der Waals surface area contributed by atoms with E-state index in [1.54, 1.807) is 6.07 Å². The maximum Gasteiger partial charge on any atom is 0.417 e. The fraction of sp³-hybridized carbons (Fsp3) is 0.286. The molecule has 1 aromatic rings. The summed E-state index contributed by atoms with van der Waals surface area (Å²) in [6.45, 7) is -1.44. The zero-order valence-electron chi connectivity index (χ0n) is 11.9. The van der Waals surface area contributed by atoms with Crippen molar-refractivity contribution in [1.29, 1.82) is 5.26 Å². The molecule has 2 N–H and O–H groups in total. The topological polar surface area (TPSA) is 111 Å². The molecular weight excluding hydrogens is 331 g/mol. The number of halogens is 3. The van der Waals surface area contributed by atoms with Crippen LogP contribution in [-0.2, 0) is 15.8 Å². The van der Waals surface area contributed by atoms with Crippen molar-refractivity contribution in [3.8, 4) is 6.07 Å². The zero-order valence-corrected chi connectivity index (χ0v) is 11.9. The van der Waals surface area contributed by atoms with Gasteiger partial charge in [0.05, 0.1) is 17.2 Å². The highest BCUT2D eigenvalue weighted by Gasteiger charge is 2.45. The van der Waals surface area contributed by atoms with Gasteiger partial charge in [0.25, 0.3) is 5.91 Å². The molecule has 0 radical (unpaired) electrons. The van der Waals surface area contributed by atoms with Gasteiger partial charge in [-0.3, -0.25) is 14.4 Å². The molecule has 1 aliphatic heterocycles. The van der Waals surface area contributed by atoms with Crippen LogP contribution in [0.3, 0.4) is 0 Å². The molecule has 1 aliphatic rings. The smallest absolute Gasteiger partial charge is 0.417 e. The van der Waals surface area contributed by atoms with Gasteiger partial charge in [-0.1, -0.05) is 12.1 Å². The van der Waals surface area contributed by atoms with E-state index in [2.05, 4.69) is 0 Å². The molecule has 0 saturated carbocycles. The highest BCUT2D eigenvalue weighted by Crippen LogP contribution is 2.41. The van der Waals surface area contributed by atoms with Gasteiger partial charge in [0.15, 0.2) is 0 Å². The van der Waals surface area contributed by atoms with Crippen LogP contribution >= 0.6 is 0 Å². The fourth-order valence-electron chi connectivity index (χ4n) is 2.39. The van der Waals surface area contributed by atoms with E-state index in [1.807, 2.05) is 5.32 Å². The van der Waals surface area contributed by atoms with Crippen LogP contribution in [0.5, 0.6) is 0 Å². The lowest BCUT2D eigenvalue weighted by atomic mass is 10.00. The number of fused-ring (bicyclic) bond motifs is 1. The quantitative estimate of drug-likeness (QED) is 0.846. The molecule has 2 amide bonds. The van der Waals surface area contributed by atoms with Crippen molar-refractivity contribution in [3.63, 3.8) is 0 Å². The van der Waals surface area contributed by atoms with Crippen molar-refractivity contribution in [3.05, 3.63) is 34.9 Å². The lowest BCUT2D eigenvalue weighted by molar-refractivity contribution is -0.138. The highest BCUT2D eigenvalue weighted by molar-refractivity contribution is 6.03. The predicted octanol–water partition coefficient (Wildman–Crippen LogP) is 0.927. The number of nitriles is 1. The van der Waals surface area contributed by atoms with Gasteiger partial charge in [-0.25, -0.2) is 0 Å². The molecule has 1 atom stereocenters. The Morgan fingerprint density at radius 3 is 2.58 bits per heavy atom. The summed E-state index contributed by atoms with van der Waals surface area (Å²) in [7, 11) is 0. The first-order valence-electron chi connectivity index (χ1n) is 6.56. The number of nitrogens with zero attached hydrogens (tertiary/aromatic N) is 2. The lowest BCUT2D eigenvalue weighted by Gasteiger charge is -2.19. The predicted molar refractivity (Wildman–Crippen MR) is 71.5 cm³/mol. The zero-order chi connectivity index (χ0) is 18.1. The van der Waals surface area contributed by atoms with Gasteiger partial charge in [0.2, 0.25) is 5.91 Å². The van der Waals surface area contributed by atoms with Crippen LogP contribution in [0, 0.1) is 11.3 Å². The van der Waals surface area contributed by atoms with E-state index in [9.17, 15) is 32.8 Å². The molecule has 1 aromatic carbocycles. The number of carbonyl (C=O) groups is 3. The molecule has 0 fully saturated rings. The Morgan fingerprint density at radius 1 is 1.38 bits per heavy atom. The van der Waals surface area contributed by atoms with Crippen molar-refractivity contribution in [1.82, 2.24) is 10.2 Å². The van der Waals surface area contributed by atoms with E-state index in [0.717, 1.165) is 12.1 Å². The molecule has 0 saturated heterocycles. The summed E-state index contributed by atoms with van der Waals surface area (Å²) >= 11 is 0. The minimum atomic E-state index is -4.79. The molecule has 7 nitrogen and oxygen atoms in total. The second-order valence-corrected chi connectivity index (χ2v) is 4.90. The monoisotopic (exact) mass is 341 g/mol. The van der Waals surface area contributed by atoms with E-state index in [4.69, 9.17) is 5.11 Å². The number of nitrogens with one attached hydrogen (secondary N) is 1. The van der Waals surface area contributed by atoms with Gasteiger partial charge in [-0.2, -0.15) is 18.4 Å². The normalized spacial score (nSPS) is 16.5. The summed E-state index contributed by atoms with van der Waals surface area (Å²) in [5, 5.41) is 19.6. The third kappa shape index (κ3) is 3.15. The molecule has 1 unspecified atom stereocenters. The number of amides is 2. The van der Waals surface area contributed by atoms with Crippen LogP contribution in [0.25, 0.3) is 0 Å². The summed E-state index contributed by atoms with van der Waals surface area (Å²) in [5.41, 5.74) is -1.98. The van der Waals surface area contributed by atoms with Gasteiger partial charge >= 0.3 is 12.1 Å². The number of carboxylic acid groups (broad SMARTS) is 1. The van der Waals surface area contributed by atoms with Crippen molar-refractivity contribution >= 4 is 17.8 Å². The van der Waals surface area contributed by atoms with Gasteiger partial charge in [-0.05, 0) is 6.07 Å². The molecule has 0 aliphatic carbocycles. The SMILES string of the molecule is N#CC1c2cccc(C(F)(F)F)c2C(=O)N1CC(=O)NCC(=O)O. The summed E-state index contributed by atoms with van der Waals surface area (Å²) in [6.07, 6.45) is -4.79. The number of hydrogen-bond donors (Lipinski definition) is 2. The van der Waals surface area contributed by atoms with Gasteiger partial charge < -0.3 is 15.3 Å². The summed E-state index contributed by atoms with van der Waals surface area (Å²) in [5.74, 6) is -3.32. The van der Waals surface area contributed by atoms with Crippen LogP contribution in [0.4, 0.5) is 13.2 Å². The number of aliphatic carboxylic acids is 1. The number of benzene rings is 1. The Morgan fingerprint density at radius 2 is 2.04 bits per heavy atom. The first kappa shape index (κ1) is 17.3. The van der Waals surface area contributed by atoms with Crippen LogP contribution in [0.2, 0.25) is 0 Å². The molecular formula is C14H10F3N3O4. The molecule has 0 aromatic heterocycles. The Bertz CT molecular complexity index is 755. The molecule has 2 rings (SSSR count). The molecule has 24 heavy (non-hydrogen) atoms. The van der Waals surface area contributed by atoms with E-state index < -0.39 is 54.2 Å². The first-order chi connectivity index (χ1) is 11.2. The molecule has 126 valence electrons. The standard InChI is InChI=1S/C14H10F3N3O4/c15-14(16,17)8-3-1-2-7-9(4-18)20(13(24)12(7)8)6-10(21)19-5-11(22)23/h1-3,9H,5-6H2,(H,19,21)(H,22,23). The third-order valence-corrected chi connectivity index (χ3v) is 3.36. The molecule has 0 spiro atoms. The van der Waals surface area contributed by atoms with Crippen molar-refractivity contribution < 1.29 is 32.7 Å². The van der Waals surface area contributed by atoms with E-state index in [1.165, 1.54) is 6.07 Å². The second-order valence-electron chi connectivity index (χ2n) is 4.90. The number of rotatable bonds is 4. The summed E-state index contributed by atoms with van der Waals surface area (Å²) in [4.78, 5) is 35.0. The average molecular weight is 341 g/mol. The van der Waals surface area contributed by atoms with E-state index in [-0.39, 0.29) is 5.56 Å². The van der Waals surface area contributed by atoms with Crippen LogP contribution in [0.15, 0.2) is 18.2 Å². The Labute approximate surface area is 133 Å². The number of carbonyl (C=O) groups excluding carboxylic acids is 2. The Balaban J connectivity index is 2.34. The van der Waals surface area contributed by atoms with Gasteiger partial charge in [-0.15, -0.1) is 0 Å². The second kappa shape index (κ2) is 6.19. The number of alkyl halides is 3. The largest absolute Gasteiger partial charge is 0.480 e. The maximum absolute atomic E-state index is 13.0. The van der Waals surface area contributed by atoms with Gasteiger partial charge in [0.1, 0.15) is 19.1 Å². The molecule has 0 bridgehead atoms. The molecule has 1 heterocycles. The minimum Gasteiger partial charge on any atom is -0.480 e. The maximum atomic E-state index is 13.0. The summed E-state index contributed by atoms with van der Waals surface area (Å²) in [6, 6.07) is 3.35. The summed E-state index contributed by atoms with van der Waals surface area (Å²) < 4.78 is 39.1.